The van der Waals surface area contributed by atoms with Crippen LogP contribution in [0.5, 0.6) is 0 Å². The number of hydrogen-bond acceptors (Lipinski definition) is 2. The van der Waals surface area contributed by atoms with Crippen LogP contribution in [0.25, 0.3) is 0 Å². The zero-order chi connectivity index (χ0) is 15.2. The second-order valence-electron chi connectivity index (χ2n) is 5.27. The first-order valence-corrected chi connectivity index (χ1v) is 7.23. The van der Waals surface area contributed by atoms with Gasteiger partial charge in [-0.05, 0) is 49.1 Å². The topological polar surface area (TPSA) is 29.9 Å². The van der Waals surface area contributed by atoms with Crippen LogP contribution in [0.2, 0.25) is 0 Å². The smallest absolute Gasteiger partial charge is 0.159 e. The molecule has 1 unspecified atom stereocenters. The average molecular weight is 293 g/mol. The lowest BCUT2D eigenvalue weighted by Gasteiger charge is -2.17. The van der Waals surface area contributed by atoms with E-state index in [-0.39, 0.29) is 6.04 Å². The Kier molecular flexibility index (Phi) is 5.44. The molecule has 0 fully saturated rings. The summed E-state index contributed by atoms with van der Waals surface area (Å²) in [5, 5.41) is 7.55. The maximum atomic E-state index is 13.3. The second kappa shape index (κ2) is 7.31. The number of benzene rings is 1. The molecule has 1 atom stereocenters. The summed E-state index contributed by atoms with van der Waals surface area (Å²) >= 11 is 0. The molecule has 1 heterocycles. The molecule has 0 aliphatic rings. The minimum absolute atomic E-state index is 0.236. The van der Waals surface area contributed by atoms with Crippen LogP contribution in [0.3, 0.4) is 0 Å². The lowest BCUT2D eigenvalue weighted by Crippen LogP contribution is -2.31. The van der Waals surface area contributed by atoms with Crippen molar-refractivity contribution in [3.8, 4) is 0 Å². The van der Waals surface area contributed by atoms with Gasteiger partial charge < -0.3 is 5.32 Å². The number of nitrogens with zero attached hydrogens (tertiary/aromatic N) is 2. The van der Waals surface area contributed by atoms with Crippen LogP contribution in [0.1, 0.15) is 24.5 Å². The number of nitrogens with one attached hydrogen (secondary N) is 1. The van der Waals surface area contributed by atoms with Crippen molar-refractivity contribution in [2.24, 2.45) is 7.05 Å². The van der Waals surface area contributed by atoms with Crippen molar-refractivity contribution < 1.29 is 8.78 Å². The van der Waals surface area contributed by atoms with E-state index in [9.17, 15) is 8.78 Å². The van der Waals surface area contributed by atoms with E-state index >= 15 is 0 Å². The predicted molar refractivity (Wildman–Crippen MR) is 79.1 cm³/mol. The summed E-state index contributed by atoms with van der Waals surface area (Å²) in [6, 6.07) is 4.35. The molecule has 2 aromatic rings. The Hall–Kier alpha value is -1.75. The Balaban J connectivity index is 1.96. The number of hydrogen-bond donors (Lipinski definition) is 1. The van der Waals surface area contributed by atoms with Crippen molar-refractivity contribution in [1.29, 1.82) is 0 Å². The van der Waals surface area contributed by atoms with Gasteiger partial charge in [0.05, 0.1) is 6.20 Å². The van der Waals surface area contributed by atoms with Gasteiger partial charge in [-0.2, -0.15) is 5.10 Å². The van der Waals surface area contributed by atoms with Crippen LogP contribution in [-0.4, -0.2) is 22.4 Å². The molecule has 3 nitrogen and oxygen atoms in total. The Bertz CT molecular complexity index is 581. The van der Waals surface area contributed by atoms with E-state index in [1.165, 1.54) is 17.7 Å². The highest BCUT2D eigenvalue weighted by Crippen LogP contribution is 2.13. The number of aryl methyl sites for hydroxylation is 2. The zero-order valence-corrected chi connectivity index (χ0v) is 12.4. The molecule has 21 heavy (non-hydrogen) atoms. The van der Waals surface area contributed by atoms with E-state index < -0.39 is 11.6 Å². The van der Waals surface area contributed by atoms with Gasteiger partial charge in [-0.25, -0.2) is 8.78 Å². The number of rotatable bonds is 7. The second-order valence-corrected chi connectivity index (χ2v) is 5.27. The molecular weight excluding hydrogens is 272 g/mol. The van der Waals surface area contributed by atoms with Crippen LogP contribution in [0.4, 0.5) is 8.78 Å². The van der Waals surface area contributed by atoms with Crippen LogP contribution in [0, 0.1) is 11.6 Å². The molecule has 0 saturated carbocycles. The molecule has 0 aliphatic heterocycles. The first kappa shape index (κ1) is 15.6. The van der Waals surface area contributed by atoms with Crippen molar-refractivity contribution in [2.75, 3.05) is 6.54 Å². The fourth-order valence-electron chi connectivity index (χ4n) is 2.46. The van der Waals surface area contributed by atoms with Crippen molar-refractivity contribution in [2.45, 2.75) is 32.2 Å². The van der Waals surface area contributed by atoms with Crippen molar-refractivity contribution >= 4 is 0 Å². The summed E-state index contributed by atoms with van der Waals surface area (Å²) in [6.45, 7) is 2.89. The molecule has 114 valence electrons. The third kappa shape index (κ3) is 4.63. The quantitative estimate of drug-likeness (QED) is 0.850. The summed E-state index contributed by atoms with van der Waals surface area (Å²) in [7, 11) is 1.90. The van der Waals surface area contributed by atoms with Crippen molar-refractivity contribution in [1.82, 2.24) is 15.1 Å². The van der Waals surface area contributed by atoms with Gasteiger partial charge in [-0.1, -0.05) is 13.0 Å². The molecular formula is C16H21F2N3. The van der Waals surface area contributed by atoms with E-state index in [1.807, 2.05) is 26.4 Å². The largest absolute Gasteiger partial charge is 0.314 e. The third-order valence-electron chi connectivity index (χ3n) is 3.50. The van der Waals surface area contributed by atoms with Crippen LogP contribution in [-0.2, 0) is 19.9 Å². The summed E-state index contributed by atoms with van der Waals surface area (Å²) in [4.78, 5) is 0. The molecule has 0 saturated heterocycles. The van der Waals surface area contributed by atoms with Gasteiger partial charge in [0.1, 0.15) is 0 Å². The normalized spacial score (nSPS) is 12.6. The molecule has 0 bridgehead atoms. The highest BCUT2D eigenvalue weighted by atomic mass is 19.2. The minimum atomic E-state index is -0.797. The summed E-state index contributed by atoms with van der Waals surface area (Å²) < 4.78 is 28.0. The van der Waals surface area contributed by atoms with Gasteiger partial charge in [0.15, 0.2) is 11.6 Å². The van der Waals surface area contributed by atoms with Gasteiger partial charge in [-0.15, -0.1) is 0 Å². The summed E-state index contributed by atoms with van der Waals surface area (Å²) in [5.74, 6) is -1.58. The first-order chi connectivity index (χ1) is 10.1. The molecule has 0 aliphatic carbocycles. The first-order valence-electron chi connectivity index (χ1n) is 7.23. The Morgan fingerprint density at radius 1 is 1.24 bits per heavy atom. The number of aromatic nitrogens is 2. The molecule has 2 rings (SSSR count). The molecule has 5 heteroatoms. The van der Waals surface area contributed by atoms with E-state index in [0.717, 1.165) is 24.9 Å². The Morgan fingerprint density at radius 2 is 2.05 bits per heavy atom. The maximum Gasteiger partial charge on any atom is 0.159 e. The molecule has 1 aromatic carbocycles. The van der Waals surface area contributed by atoms with E-state index in [1.54, 1.807) is 10.7 Å². The molecule has 0 radical (unpaired) electrons. The van der Waals surface area contributed by atoms with E-state index in [2.05, 4.69) is 10.4 Å². The molecule has 1 aromatic heterocycles. The van der Waals surface area contributed by atoms with Crippen molar-refractivity contribution in [3.05, 3.63) is 53.4 Å². The van der Waals surface area contributed by atoms with Crippen LogP contribution in [0.15, 0.2) is 30.6 Å². The fraction of sp³-hybridized carbons (Fsp3) is 0.438. The highest BCUT2D eigenvalue weighted by molar-refractivity contribution is 5.19. The zero-order valence-electron chi connectivity index (χ0n) is 12.4. The molecule has 1 N–H and O–H groups in total. The fourth-order valence-corrected chi connectivity index (χ4v) is 2.46. The van der Waals surface area contributed by atoms with Gasteiger partial charge in [0, 0.05) is 19.3 Å². The Labute approximate surface area is 124 Å². The van der Waals surface area contributed by atoms with Crippen LogP contribution >= 0.6 is 0 Å². The van der Waals surface area contributed by atoms with E-state index in [0.29, 0.717) is 6.42 Å². The maximum absolute atomic E-state index is 13.3. The lowest BCUT2D eigenvalue weighted by atomic mass is 10.00. The third-order valence-corrected chi connectivity index (χ3v) is 3.50. The standard InChI is InChI=1S/C16H21F2N3/c1-3-19-14(6-4-13-10-20-21(2)11-13)8-12-5-7-15(17)16(18)9-12/h5,7,9-11,14,19H,3-4,6,8H2,1-2H3. The van der Waals surface area contributed by atoms with E-state index in [4.69, 9.17) is 0 Å². The van der Waals surface area contributed by atoms with Gasteiger partial charge >= 0.3 is 0 Å². The molecule has 0 spiro atoms. The summed E-state index contributed by atoms with van der Waals surface area (Å²) in [5.41, 5.74) is 2.00. The summed E-state index contributed by atoms with van der Waals surface area (Å²) in [6.07, 6.45) is 6.39. The minimum Gasteiger partial charge on any atom is -0.314 e. The monoisotopic (exact) mass is 293 g/mol. The number of likely N-dealkylation sites (N-methyl/N-ethyl adjacent to an activating group) is 1. The van der Waals surface area contributed by atoms with Gasteiger partial charge in [-0.3, -0.25) is 4.68 Å². The molecule has 0 amide bonds. The highest BCUT2D eigenvalue weighted by Gasteiger charge is 2.11. The Morgan fingerprint density at radius 3 is 2.67 bits per heavy atom. The lowest BCUT2D eigenvalue weighted by molar-refractivity contribution is 0.483. The van der Waals surface area contributed by atoms with Gasteiger partial charge in [0.2, 0.25) is 0 Å². The van der Waals surface area contributed by atoms with Gasteiger partial charge in [0.25, 0.3) is 0 Å². The predicted octanol–water partition coefficient (Wildman–Crippen LogP) is 2.85. The average Bonchev–Trinajstić information content (AvgIpc) is 2.86. The number of halogens is 2. The van der Waals surface area contributed by atoms with Crippen molar-refractivity contribution in [3.63, 3.8) is 0 Å². The van der Waals surface area contributed by atoms with Crippen LogP contribution < -0.4 is 5.32 Å². The SMILES string of the molecule is CCNC(CCc1cnn(C)c1)Cc1ccc(F)c(F)c1.